The zero-order chi connectivity index (χ0) is 11.5. The fourth-order valence-corrected chi connectivity index (χ4v) is 2.20. The van der Waals surface area contributed by atoms with Crippen LogP contribution in [-0.4, -0.2) is 16.1 Å². The van der Waals surface area contributed by atoms with Gasteiger partial charge >= 0.3 is 0 Å². The number of thiazole rings is 1. The smallest absolute Gasteiger partial charge is 0.259 e. The van der Waals surface area contributed by atoms with Gasteiger partial charge in [0.2, 0.25) is 0 Å². The number of pyridine rings is 1. The molecule has 16 heavy (non-hydrogen) atoms. The van der Waals surface area contributed by atoms with E-state index in [2.05, 4.69) is 10.3 Å². The van der Waals surface area contributed by atoms with E-state index in [1.165, 1.54) is 11.3 Å². The molecule has 0 aliphatic rings. The molecular weight excluding hydrogens is 222 g/mol. The quantitative estimate of drug-likeness (QED) is 0.884. The normalized spacial score (nSPS) is 10.4. The number of rotatable bonds is 3. The highest BCUT2D eigenvalue weighted by Gasteiger charge is 2.08. The number of hydrogen-bond donors (Lipinski definition) is 1. The zero-order valence-electron chi connectivity index (χ0n) is 9.23. The summed E-state index contributed by atoms with van der Waals surface area (Å²) in [6.45, 7) is 2.85. The molecule has 0 fully saturated rings. The number of aromatic nitrogens is 2. The lowest BCUT2D eigenvalue weighted by molar-refractivity contribution is 0.862. The van der Waals surface area contributed by atoms with Gasteiger partial charge in [-0.1, -0.05) is 0 Å². The molecule has 0 unspecified atom stereocenters. The van der Waals surface area contributed by atoms with Crippen molar-refractivity contribution in [3.8, 4) is 11.3 Å². The van der Waals surface area contributed by atoms with Crippen molar-refractivity contribution in [3.63, 3.8) is 0 Å². The molecule has 2 aromatic rings. The van der Waals surface area contributed by atoms with Gasteiger partial charge in [0.15, 0.2) is 5.13 Å². The predicted octanol–water partition coefficient (Wildman–Crippen LogP) is 1.94. The first-order valence-electron chi connectivity index (χ1n) is 5.07. The van der Waals surface area contributed by atoms with Crippen molar-refractivity contribution in [2.45, 2.75) is 6.92 Å². The Labute approximate surface area is 97.6 Å². The van der Waals surface area contributed by atoms with Crippen molar-refractivity contribution < 1.29 is 0 Å². The summed E-state index contributed by atoms with van der Waals surface area (Å²) in [6.07, 6.45) is 1.74. The highest BCUT2D eigenvalue weighted by atomic mass is 32.1. The Kier molecular flexibility index (Phi) is 3.05. The van der Waals surface area contributed by atoms with Crippen LogP contribution in [0, 0.1) is 0 Å². The van der Waals surface area contributed by atoms with Crippen LogP contribution in [-0.2, 0) is 7.05 Å². The number of hydrogen-bond acceptors (Lipinski definition) is 4. The van der Waals surface area contributed by atoms with Crippen LogP contribution in [0.5, 0.6) is 0 Å². The maximum atomic E-state index is 11.8. The minimum atomic E-state index is -0.0177. The standard InChI is InChI=1S/C11H13N3OS/c1-3-12-11-13-9(7-16-11)8-5-4-6-14(2)10(8)15/h4-7H,3H2,1-2H3,(H,12,13). The predicted molar refractivity (Wildman–Crippen MR) is 67.0 cm³/mol. The van der Waals surface area contributed by atoms with Gasteiger partial charge in [0, 0.05) is 25.2 Å². The summed E-state index contributed by atoms with van der Waals surface area (Å²) in [4.78, 5) is 16.2. The summed E-state index contributed by atoms with van der Waals surface area (Å²) in [5.74, 6) is 0. The average molecular weight is 235 g/mol. The summed E-state index contributed by atoms with van der Waals surface area (Å²) in [5, 5.41) is 5.88. The van der Waals surface area contributed by atoms with E-state index in [1.807, 2.05) is 18.4 Å². The second kappa shape index (κ2) is 4.49. The van der Waals surface area contributed by atoms with Crippen LogP contribution in [0.4, 0.5) is 5.13 Å². The van der Waals surface area contributed by atoms with Gasteiger partial charge in [0.1, 0.15) is 0 Å². The molecule has 84 valence electrons. The molecule has 4 nitrogen and oxygen atoms in total. The Bertz CT molecular complexity index is 544. The van der Waals surface area contributed by atoms with Crippen molar-refractivity contribution in [2.24, 2.45) is 7.05 Å². The van der Waals surface area contributed by atoms with E-state index in [1.54, 1.807) is 23.9 Å². The van der Waals surface area contributed by atoms with Gasteiger partial charge in [-0.25, -0.2) is 4.98 Å². The minimum Gasteiger partial charge on any atom is -0.362 e. The molecule has 0 spiro atoms. The van der Waals surface area contributed by atoms with E-state index in [4.69, 9.17) is 0 Å². The highest BCUT2D eigenvalue weighted by Crippen LogP contribution is 2.22. The molecule has 0 amide bonds. The van der Waals surface area contributed by atoms with Crippen molar-refractivity contribution in [1.82, 2.24) is 9.55 Å². The second-order valence-electron chi connectivity index (χ2n) is 3.41. The molecule has 0 saturated heterocycles. The SMILES string of the molecule is CCNc1nc(-c2cccn(C)c2=O)cs1. The van der Waals surface area contributed by atoms with Crippen LogP contribution in [0.25, 0.3) is 11.3 Å². The third-order valence-corrected chi connectivity index (χ3v) is 3.03. The molecule has 1 N–H and O–H groups in total. The van der Waals surface area contributed by atoms with Gasteiger partial charge in [-0.05, 0) is 19.1 Å². The summed E-state index contributed by atoms with van der Waals surface area (Å²) in [7, 11) is 1.74. The van der Waals surface area contributed by atoms with Crippen molar-refractivity contribution >= 4 is 16.5 Å². The fourth-order valence-electron chi connectivity index (χ4n) is 1.42. The number of anilines is 1. The summed E-state index contributed by atoms with van der Waals surface area (Å²) in [6, 6.07) is 3.65. The first kappa shape index (κ1) is 10.9. The molecule has 0 radical (unpaired) electrons. The number of aryl methyl sites for hydroxylation is 1. The number of nitrogens with zero attached hydrogens (tertiary/aromatic N) is 2. The van der Waals surface area contributed by atoms with Gasteiger partial charge in [-0.3, -0.25) is 4.79 Å². The lowest BCUT2D eigenvalue weighted by Crippen LogP contribution is -2.17. The Balaban J connectivity index is 2.43. The molecule has 5 heteroatoms. The van der Waals surface area contributed by atoms with Gasteiger partial charge in [0.25, 0.3) is 5.56 Å². The Morgan fingerprint density at radius 2 is 2.38 bits per heavy atom. The van der Waals surface area contributed by atoms with Gasteiger partial charge in [0.05, 0.1) is 11.3 Å². The maximum Gasteiger partial charge on any atom is 0.259 e. The van der Waals surface area contributed by atoms with E-state index in [9.17, 15) is 4.79 Å². The Morgan fingerprint density at radius 1 is 1.56 bits per heavy atom. The number of nitrogens with one attached hydrogen (secondary N) is 1. The third kappa shape index (κ3) is 1.99. The third-order valence-electron chi connectivity index (χ3n) is 2.23. The topological polar surface area (TPSA) is 46.9 Å². The zero-order valence-corrected chi connectivity index (χ0v) is 10.0. The van der Waals surface area contributed by atoms with Crippen LogP contribution >= 0.6 is 11.3 Å². The van der Waals surface area contributed by atoms with Gasteiger partial charge in [-0.15, -0.1) is 11.3 Å². The van der Waals surface area contributed by atoms with Crippen molar-refractivity contribution in [3.05, 3.63) is 34.1 Å². The largest absolute Gasteiger partial charge is 0.362 e. The van der Waals surface area contributed by atoms with Gasteiger partial charge < -0.3 is 9.88 Å². The monoisotopic (exact) mass is 235 g/mol. The Hall–Kier alpha value is -1.62. The molecule has 0 aromatic carbocycles. The first-order valence-corrected chi connectivity index (χ1v) is 5.95. The molecule has 2 heterocycles. The van der Waals surface area contributed by atoms with Crippen LogP contribution in [0.15, 0.2) is 28.5 Å². The molecule has 0 aliphatic heterocycles. The average Bonchev–Trinajstić information content (AvgIpc) is 2.71. The van der Waals surface area contributed by atoms with E-state index >= 15 is 0 Å². The van der Waals surface area contributed by atoms with Crippen molar-refractivity contribution in [1.29, 1.82) is 0 Å². The molecule has 2 aromatic heterocycles. The van der Waals surface area contributed by atoms with E-state index < -0.39 is 0 Å². The van der Waals surface area contributed by atoms with Crippen LogP contribution < -0.4 is 10.9 Å². The maximum absolute atomic E-state index is 11.8. The molecule has 0 bridgehead atoms. The lowest BCUT2D eigenvalue weighted by Gasteiger charge is -1.99. The van der Waals surface area contributed by atoms with Crippen LogP contribution in [0.1, 0.15) is 6.92 Å². The molecule has 0 atom stereocenters. The van der Waals surface area contributed by atoms with Crippen LogP contribution in [0.2, 0.25) is 0 Å². The second-order valence-corrected chi connectivity index (χ2v) is 4.26. The summed E-state index contributed by atoms with van der Waals surface area (Å²) < 4.78 is 1.56. The fraction of sp³-hybridized carbons (Fsp3) is 0.273. The van der Waals surface area contributed by atoms with Crippen LogP contribution in [0.3, 0.4) is 0 Å². The lowest BCUT2D eigenvalue weighted by atomic mass is 10.2. The molecule has 0 saturated carbocycles. The highest BCUT2D eigenvalue weighted by molar-refractivity contribution is 7.14. The molecular formula is C11H13N3OS. The Morgan fingerprint density at radius 3 is 3.12 bits per heavy atom. The molecule has 2 rings (SSSR count). The van der Waals surface area contributed by atoms with E-state index in [-0.39, 0.29) is 5.56 Å². The summed E-state index contributed by atoms with van der Waals surface area (Å²) >= 11 is 1.51. The van der Waals surface area contributed by atoms with E-state index in [0.717, 1.165) is 17.4 Å². The van der Waals surface area contributed by atoms with E-state index in [0.29, 0.717) is 5.56 Å². The van der Waals surface area contributed by atoms with Gasteiger partial charge in [-0.2, -0.15) is 0 Å². The minimum absolute atomic E-state index is 0.0177. The van der Waals surface area contributed by atoms with Crippen molar-refractivity contribution in [2.75, 3.05) is 11.9 Å². The molecule has 0 aliphatic carbocycles. The summed E-state index contributed by atoms with van der Waals surface area (Å²) in [5.41, 5.74) is 1.36. The first-order chi connectivity index (χ1) is 7.72.